The number of nitrogens with two attached hydrogens (primary N) is 1. The van der Waals surface area contributed by atoms with E-state index >= 15 is 0 Å². The van der Waals surface area contributed by atoms with Gasteiger partial charge in [0.15, 0.2) is 0 Å². The molecule has 0 unspecified atom stereocenters. The van der Waals surface area contributed by atoms with Crippen LogP contribution < -0.4 is 21.1 Å². The molecule has 0 aliphatic heterocycles. The van der Waals surface area contributed by atoms with Crippen molar-refractivity contribution < 1.29 is 13.9 Å². The number of hydrogen-bond donors (Lipinski definition) is 3. The second-order valence-corrected chi connectivity index (χ2v) is 4.05. The van der Waals surface area contributed by atoms with Gasteiger partial charge in [0.05, 0.1) is 12.8 Å². The normalized spacial score (nSPS) is 9.90. The van der Waals surface area contributed by atoms with Crippen LogP contribution in [0.1, 0.15) is 0 Å². The minimum absolute atomic E-state index is 0.0331. The van der Waals surface area contributed by atoms with E-state index in [0.29, 0.717) is 17.1 Å². The molecule has 6 heteroatoms. The van der Waals surface area contributed by atoms with E-state index in [2.05, 4.69) is 10.6 Å². The average molecular weight is 275 g/mol. The molecule has 0 saturated heterocycles. The molecule has 0 aliphatic carbocycles. The van der Waals surface area contributed by atoms with E-state index in [1.165, 1.54) is 25.3 Å². The van der Waals surface area contributed by atoms with Crippen molar-refractivity contribution in [1.29, 1.82) is 0 Å². The van der Waals surface area contributed by atoms with E-state index < -0.39 is 11.8 Å². The summed E-state index contributed by atoms with van der Waals surface area (Å²) in [6.45, 7) is 0. The highest BCUT2D eigenvalue weighted by atomic mass is 19.1. The molecule has 0 spiro atoms. The fourth-order valence-corrected chi connectivity index (χ4v) is 1.63. The van der Waals surface area contributed by atoms with E-state index in [1.54, 1.807) is 24.3 Å². The van der Waals surface area contributed by atoms with Crippen LogP contribution in [0.15, 0.2) is 42.5 Å². The summed E-state index contributed by atoms with van der Waals surface area (Å²) in [5.74, 6) is -0.0980. The molecule has 5 nitrogen and oxygen atoms in total. The molecule has 0 saturated carbocycles. The van der Waals surface area contributed by atoms with E-state index in [0.717, 1.165) is 0 Å². The number of carbonyl (C=O) groups is 1. The van der Waals surface area contributed by atoms with Crippen molar-refractivity contribution in [1.82, 2.24) is 0 Å². The highest BCUT2D eigenvalue weighted by molar-refractivity contribution is 6.00. The Kier molecular flexibility index (Phi) is 4.05. The van der Waals surface area contributed by atoms with Gasteiger partial charge in [-0.2, -0.15) is 0 Å². The minimum Gasteiger partial charge on any atom is -0.497 e. The Morgan fingerprint density at radius 1 is 1.20 bits per heavy atom. The van der Waals surface area contributed by atoms with Gasteiger partial charge in [0.2, 0.25) is 0 Å². The maximum absolute atomic E-state index is 13.6. The summed E-state index contributed by atoms with van der Waals surface area (Å²) in [5, 5.41) is 4.97. The van der Waals surface area contributed by atoms with E-state index in [9.17, 15) is 9.18 Å². The number of carbonyl (C=O) groups excluding carboxylic acids is 1. The van der Waals surface area contributed by atoms with Crippen LogP contribution in [0.2, 0.25) is 0 Å². The van der Waals surface area contributed by atoms with Crippen molar-refractivity contribution in [3.8, 4) is 5.75 Å². The summed E-state index contributed by atoms with van der Waals surface area (Å²) >= 11 is 0. The fourth-order valence-electron chi connectivity index (χ4n) is 1.63. The van der Waals surface area contributed by atoms with Crippen LogP contribution in [0.25, 0.3) is 0 Å². The summed E-state index contributed by atoms with van der Waals surface area (Å²) in [6.07, 6.45) is 0. The van der Waals surface area contributed by atoms with Gasteiger partial charge in [-0.3, -0.25) is 0 Å². The summed E-state index contributed by atoms with van der Waals surface area (Å²) < 4.78 is 18.5. The summed E-state index contributed by atoms with van der Waals surface area (Å²) in [7, 11) is 1.46. The number of nitrogens with one attached hydrogen (secondary N) is 2. The van der Waals surface area contributed by atoms with Gasteiger partial charge in [0, 0.05) is 17.4 Å². The second kappa shape index (κ2) is 5.92. The topological polar surface area (TPSA) is 76.4 Å². The van der Waals surface area contributed by atoms with Gasteiger partial charge >= 0.3 is 6.03 Å². The molecule has 104 valence electrons. The van der Waals surface area contributed by atoms with Crippen molar-refractivity contribution in [2.24, 2.45) is 0 Å². The van der Waals surface area contributed by atoms with Gasteiger partial charge in [-0.05, 0) is 30.3 Å². The highest BCUT2D eigenvalue weighted by Gasteiger charge is 2.08. The van der Waals surface area contributed by atoms with Crippen LogP contribution >= 0.6 is 0 Å². The van der Waals surface area contributed by atoms with Gasteiger partial charge in [-0.15, -0.1) is 0 Å². The SMILES string of the molecule is COc1ccc(F)c(NC(=O)Nc2cccc(N)c2)c1. The van der Waals surface area contributed by atoms with Crippen molar-refractivity contribution in [3.05, 3.63) is 48.3 Å². The molecule has 0 bridgehead atoms. The third-order valence-electron chi connectivity index (χ3n) is 2.57. The summed E-state index contributed by atoms with van der Waals surface area (Å²) in [4.78, 5) is 11.8. The Bertz CT molecular complexity index is 632. The quantitative estimate of drug-likeness (QED) is 0.753. The molecule has 2 rings (SSSR count). The first-order valence-corrected chi connectivity index (χ1v) is 5.85. The van der Waals surface area contributed by atoms with Crippen LogP contribution in [0.5, 0.6) is 5.75 Å². The molecule has 0 radical (unpaired) electrons. The van der Waals surface area contributed by atoms with Crippen LogP contribution in [-0.4, -0.2) is 13.1 Å². The lowest BCUT2D eigenvalue weighted by Gasteiger charge is -2.10. The van der Waals surface area contributed by atoms with E-state index in [-0.39, 0.29) is 5.69 Å². The first-order valence-electron chi connectivity index (χ1n) is 5.85. The molecule has 0 aromatic heterocycles. The molecule has 0 aliphatic rings. The number of urea groups is 1. The van der Waals surface area contributed by atoms with Crippen LogP contribution in [0.3, 0.4) is 0 Å². The molecular weight excluding hydrogens is 261 g/mol. The molecule has 0 heterocycles. The average Bonchev–Trinajstić information content (AvgIpc) is 2.41. The zero-order valence-electron chi connectivity index (χ0n) is 10.8. The lowest BCUT2D eigenvalue weighted by molar-refractivity contribution is 0.262. The summed E-state index contributed by atoms with van der Waals surface area (Å²) in [6, 6.07) is 10.2. The van der Waals surface area contributed by atoms with Crippen LogP contribution in [-0.2, 0) is 0 Å². The zero-order valence-corrected chi connectivity index (χ0v) is 10.8. The zero-order chi connectivity index (χ0) is 14.5. The molecule has 0 fully saturated rings. The molecule has 2 amide bonds. The number of methoxy groups -OCH3 is 1. The molecular formula is C14H14FN3O2. The number of hydrogen-bond acceptors (Lipinski definition) is 3. The van der Waals surface area contributed by atoms with Crippen LogP contribution in [0, 0.1) is 5.82 Å². The third kappa shape index (κ3) is 3.38. The van der Waals surface area contributed by atoms with E-state index in [4.69, 9.17) is 10.5 Å². The van der Waals surface area contributed by atoms with E-state index in [1.807, 2.05) is 0 Å². The largest absolute Gasteiger partial charge is 0.497 e. The highest BCUT2D eigenvalue weighted by Crippen LogP contribution is 2.21. The van der Waals surface area contributed by atoms with Gasteiger partial charge < -0.3 is 21.1 Å². The number of anilines is 3. The van der Waals surface area contributed by atoms with Crippen LogP contribution in [0.4, 0.5) is 26.2 Å². The van der Waals surface area contributed by atoms with Gasteiger partial charge in [-0.1, -0.05) is 6.07 Å². The Balaban J connectivity index is 2.08. The van der Waals surface area contributed by atoms with Crippen molar-refractivity contribution in [2.75, 3.05) is 23.5 Å². The minimum atomic E-state index is -0.567. The lowest BCUT2D eigenvalue weighted by atomic mass is 10.3. The molecule has 2 aromatic rings. The number of amides is 2. The standard InChI is InChI=1S/C14H14FN3O2/c1-20-11-5-6-12(15)13(8-11)18-14(19)17-10-4-2-3-9(16)7-10/h2-8H,16H2,1H3,(H2,17,18,19). The van der Waals surface area contributed by atoms with Gasteiger partial charge in [-0.25, -0.2) is 9.18 Å². The first kappa shape index (κ1) is 13.7. The Labute approximate surface area is 115 Å². The van der Waals surface area contributed by atoms with Gasteiger partial charge in [0.1, 0.15) is 11.6 Å². The molecule has 20 heavy (non-hydrogen) atoms. The van der Waals surface area contributed by atoms with Crippen molar-refractivity contribution in [3.63, 3.8) is 0 Å². The predicted octanol–water partition coefficient (Wildman–Crippen LogP) is 3.06. The van der Waals surface area contributed by atoms with Gasteiger partial charge in [0.25, 0.3) is 0 Å². The Morgan fingerprint density at radius 3 is 2.70 bits per heavy atom. The smallest absolute Gasteiger partial charge is 0.323 e. The number of nitrogen functional groups attached to an aromatic ring is 1. The molecule has 0 atom stereocenters. The number of halogens is 1. The number of benzene rings is 2. The third-order valence-corrected chi connectivity index (χ3v) is 2.57. The second-order valence-electron chi connectivity index (χ2n) is 4.05. The molecule has 4 N–H and O–H groups in total. The monoisotopic (exact) mass is 275 g/mol. The lowest BCUT2D eigenvalue weighted by Crippen LogP contribution is -2.20. The maximum Gasteiger partial charge on any atom is 0.323 e. The first-order chi connectivity index (χ1) is 9.58. The number of rotatable bonds is 3. The maximum atomic E-state index is 13.6. The summed E-state index contributed by atoms with van der Waals surface area (Å²) in [5.41, 5.74) is 6.68. The molecule has 2 aromatic carbocycles. The fraction of sp³-hybridized carbons (Fsp3) is 0.0714. The van der Waals surface area contributed by atoms with Crippen molar-refractivity contribution in [2.45, 2.75) is 0 Å². The predicted molar refractivity (Wildman–Crippen MR) is 76.4 cm³/mol. The Morgan fingerprint density at radius 2 is 2.00 bits per heavy atom. The Hall–Kier alpha value is -2.76. The van der Waals surface area contributed by atoms with Crippen molar-refractivity contribution >= 4 is 23.1 Å². The number of ether oxygens (including phenoxy) is 1.